The molecule has 9 atom stereocenters. The Hall–Kier alpha value is -1.24. The van der Waals surface area contributed by atoms with Crippen LogP contribution in [0.15, 0.2) is 12.2 Å². The van der Waals surface area contributed by atoms with Crippen LogP contribution in [0, 0.1) is 34.0 Å². The quantitative estimate of drug-likeness (QED) is 0.463. The van der Waals surface area contributed by atoms with Crippen LogP contribution in [0.4, 0.5) is 0 Å². The number of Topliss-reactive ketones (excluding diaryl/α,β-unsaturated/α-hetero) is 1. The van der Waals surface area contributed by atoms with Gasteiger partial charge in [0.2, 0.25) is 0 Å². The van der Waals surface area contributed by atoms with Crippen molar-refractivity contribution in [3.63, 3.8) is 0 Å². The molecule has 0 aromatic heterocycles. The van der Waals surface area contributed by atoms with E-state index >= 15 is 0 Å². The Morgan fingerprint density at radius 2 is 1.79 bits per heavy atom. The summed E-state index contributed by atoms with van der Waals surface area (Å²) in [4.78, 5) is 25.3. The zero-order valence-electron chi connectivity index (χ0n) is 17.1. The van der Waals surface area contributed by atoms with Crippen molar-refractivity contribution < 1.29 is 29.6 Å². The minimum absolute atomic E-state index is 0.0983. The number of ketones is 1. The Kier molecular flexibility index (Phi) is 4.22. The number of aliphatic hydroxyl groups excluding tert-OH is 3. The molecule has 4 saturated carbocycles. The highest BCUT2D eigenvalue weighted by Gasteiger charge is 2.74. The van der Waals surface area contributed by atoms with Crippen LogP contribution in [0.2, 0.25) is 0 Å². The van der Waals surface area contributed by atoms with Crippen molar-refractivity contribution in [3.8, 4) is 0 Å². The van der Waals surface area contributed by atoms with Crippen LogP contribution in [-0.4, -0.2) is 51.5 Å². The monoisotopic (exact) mass is 392 g/mol. The highest BCUT2D eigenvalue weighted by molar-refractivity contribution is 6.03. The van der Waals surface area contributed by atoms with E-state index in [1.54, 1.807) is 0 Å². The van der Waals surface area contributed by atoms with E-state index in [2.05, 4.69) is 6.58 Å². The van der Waals surface area contributed by atoms with Crippen LogP contribution in [-0.2, 0) is 14.3 Å². The third-order valence-electron chi connectivity index (χ3n) is 8.75. The average molecular weight is 392 g/mol. The predicted octanol–water partition coefficient (Wildman–Crippen LogP) is 1.61. The van der Waals surface area contributed by atoms with Crippen molar-refractivity contribution in [2.75, 3.05) is 0 Å². The standard InChI is InChI=1S/C22H32O6/c1-10-12-8-22(19(10)27)9-13(24)17-20(3,4)14(25)6-7-21(17,5)18(22)16(15(12)26)28-11(2)23/h12-18,24-26H,1,6-9H2,2-5H3/t12-,13+,14+,15-,16-,17-,18+,21-,22+/m1/s1. The van der Waals surface area contributed by atoms with Gasteiger partial charge >= 0.3 is 5.97 Å². The Labute approximate surface area is 166 Å². The zero-order chi connectivity index (χ0) is 20.8. The van der Waals surface area contributed by atoms with Crippen molar-refractivity contribution in [1.82, 2.24) is 0 Å². The van der Waals surface area contributed by atoms with Gasteiger partial charge in [-0.1, -0.05) is 27.4 Å². The number of aliphatic hydroxyl groups is 3. The highest BCUT2D eigenvalue weighted by atomic mass is 16.6. The fraction of sp³-hybridized carbons (Fsp3) is 0.818. The summed E-state index contributed by atoms with van der Waals surface area (Å²) in [5.41, 5.74) is -1.61. The molecule has 6 nitrogen and oxygen atoms in total. The van der Waals surface area contributed by atoms with E-state index in [1.165, 1.54) is 6.92 Å². The molecule has 0 aliphatic heterocycles. The van der Waals surface area contributed by atoms with E-state index in [4.69, 9.17) is 4.74 Å². The molecule has 0 heterocycles. The van der Waals surface area contributed by atoms with E-state index in [9.17, 15) is 24.9 Å². The topological polar surface area (TPSA) is 104 Å². The Bertz CT molecular complexity index is 743. The van der Waals surface area contributed by atoms with Crippen molar-refractivity contribution in [1.29, 1.82) is 0 Å². The summed E-state index contributed by atoms with van der Waals surface area (Å²) in [6, 6.07) is 0. The van der Waals surface area contributed by atoms with Crippen LogP contribution in [0.3, 0.4) is 0 Å². The minimum Gasteiger partial charge on any atom is -0.459 e. The first-order valence-electron chi connectivity index (χ1n) is 10.3. The molecule has 0 saturated heterocycles. The third-order valence-corrected chi connectivity index (χ3v) is 8.75. The maximum Gasteiger partial charge on any atom is 0.303 e. The van der Waals surface area contributed by atoms with E-state index in [0.717, 1.165) is 0 Å². The van der Waals surface area contributed by atoms with Crippen molar-refractivity contribution in [2.24, 2.45) is 34.0 Å². The van der Waals surface area contributed by atoms with E-state index in [0.29, 0.717) is 24.8 Å². The van der Waals surface area contributed by atoms with Crippen LogP contribution < -0.4 is 0 Å². The Morgan fingerprint density at radius 1 is 1.14 bits per heavy atom. The molecule has 0 unspecified atom stereocenters. The maximum atomic E-state index is 13.4. The van der Waals surface area contributed by atoms with Crippen LogP contribution in [0.5, 0.6) is 0 Å². The summed E-state index contributed by atoms with van der Waals surface area (Å²) in [6.07, 6.45) is -1.27. The lowest BCUT2D eigenvalue weighted by Gasteiger charge is -2.66. The number of ether oxygens (including phenoxy) is 1. The molecule has 1 spiro atoms. The van der Waals surface area contributed by atoms with Gasteiger partial charge in [-0.2, -0.15) is 0 Å². The molecule has 4 fully saturated rings. The number of esters is 1. The molecule has 3 N–H and O–H groups in total. The van der Waals surface area contributed by atoms with Gasteiger partial charge in [0.05, 0.1) is 18.3 Å². The molecule has 4 rings (SSSR count). The van der Waals surface area contributed by atoms with E-state index in [1.807, 2.05) is 20.8 Å². The summed E-state index contributed by atoms with van der Waals surface area (Å²) in [5.74, 6) is -1.72. The molecular weight excluding hydrogens is 360 g/mol. The highest BCUT2D eigenvalue weighted by Crippen LogP contribution is 2.71. The first-order valence-corrected chi connectivity index (χ1v) is 10.3. The second-order valence-electron chi connectivity index (χ2n) is 10.5. The zero-order valence-corrected chi connectivity index (χ0v) is 17.1. The number of hydrogen-bond acceptors (Lipinski definition) is 6. The van der Waals surface area contributed by atoms with Crippen LogP contribution in [0.25, 0.3) is 0 Å². The first kappa shape index (κ1) is 20.0. The van der Waals surface area contributed by atoms with Crippen molar-refractivity contribution >= 4 is 11.8 Å². The lowest BCUT2D eigenvalue weighted by molar-refractivity contribution is -0.258. The largest absolute Gasteiger partial charge is 0.459 e. The smallest absolute Gasteiger partial charge is 0.303 e. The van der Waals surface area contributed by atoms with E-state index in [-0.39, 0.29) is 18.1 Å². The molecule has 0 aromatic rings. The molecule has 4 aliphatic carbocycles. The molecule has 156 valence electrons. The molecule has 0 aromatic carbocycles. The molecule has 4 aliphatic rings. The lowest BCUT2D eigenvalue weighted by atomic mass is 9.39. The molecule has 0 radical (unpaired) electrons. The van der Waals surface area contributed by atoms with Gasteiger partial charge in [0.1, 0.15) is 6.10 Å². The first-order chi connectivity index (χ1) is 12.9. The fourth-order valence-corrected chi connectivity index (χ4v) is 7.88. The number of carbonyl (C=O) groups is 2. The van der Waals surface area contributed by atoms with Gasteiger partial charge in [0.25, 0.3) is 0 Å². The summed E-state index contributed by atoms with van der Waals surface area (Å²) in [6.45, 7) is 11.2. The van der Waals surface area contributed by atoms with Crippen molar-refractivity contribution in [2.45, 2.75) is 77.8 Å². The van der Waals surface area contributed by atoms with Gasteiger partial charge in [-0.15, -0.1) is 0 Å². The molecule has 0 amide bonds. The summed E-state index contributed by atoms with van der Waals surface area (Å²) in [7, 11) is 0. The number of fused-ring (bicyclic) bond motifs is 3. The normalized spacial score (nSPS) is 52.0. The summed E-state index contributed by atoms with van der Waals surface area (Å²) >= 11 is 0. The van der Waals surface area contributed by atoms with Gasteiger partial charge in [-0.25, -0.2) is 0 Å². The van der Waals surface area contributed by atoms with Gasteiger partial charge < -0.3 is 20.1 Å². The van der Waals surface area contributed by atoms with Gasteiger partial charge in [-0.3, -0.25) is 9.59 Å². The number of hydrogen-bond donors (Lipinski definition) is 3. The molecule has 6 heteroatoms. The fourth-order valence-electron chi connectivity index (χ4n) is 7.88. The Morgan fingerprint density at radius 3 is 2.39 bits per heavy atom. The van der Waals surface area contributed by atoms with E-state index < -0.39 is 58.5 Å². The second-order valence-corrected chi connectivity index (χ2v) is 10.5. The summed E-state index contributed by atoms with van der Waals surface area (Å²) < 4.78 is 5.66. The van der Waals surface area contributed by atoms with Gasteiger partial charge in [0.15, 0.2) is 5.78 Å². The third kappa shape index (κ3) is 2.25. The Balaban J connectivity index is 1.91. The van der Waals surface area contributed by atoms with Crippen molar-refractivity contribution in [3.05, 3.63) is 12.2 Å². The lowest BCUT2D eigenvalue weighted by Crippen LogP contribution is -2.69. The average Bonchev–Trinajstić information content (AvgIpc) is 2.78. The van der Waals surface area contributed by atoms with Crippen LogP contribution in [0.1, 0.15) is 53.4 Å². The molecule has 28 heavy (non-hydrogen) atoms. The van der Waals surface area contributed by atoms with Gasteiger partial charge in [0, 0.05) is 24.2 Å². The molecule has 2 bridgehead atoms. The van der Waals surface area contributed by atoms with Crippen LogP contribution >= 0.6 is 0 Å². The molecular formula is C22H32O6. The SMILES string of the molecule is C=C1C(=O)[C@]23C[C@H]1[C@@H](O)[C@@H](OC(C)=O)[C@H]2[C@]1(C)CC[C@H](O)C(C)(C)[C@H]1[C@@H](O)C3. The maximum absolute atomic E-state index is 13.4. The number of carbonyl (C=O) groups excluding carboxylic acids is 2. The minimum atomic E-state index is -0.983. The summed E-state index contributed by atoms with van der Waals surface area (Å²) in [5, 5.41) is 33.0. The van der Waals surface area contributed by atoms with Gasteiger partial charge in [-0.05, 0) is 48.0 Å². The predicted molar refractivity (Wildman–Crippen MR) is 101 cm³/mol. The second kappa shape index (κ2) is 5.89. The number of rotatable bonds is 1.